The molecule has 0 aromatic heterocycles. The number of hydrogen-bond acceptors (Lipinski definition) is 4. The Hall–Kier alpha value is -3.22. The van der Waals surface area contributed by atoms with E-state index in [1.54, 1.807) is 0 Å². The van der Waals surface area contributed by atoms with E-state index in [2.05, 4.69) is 53.4 Å². The van der Waals surface area contributed by atoms with Crippen LogP contribution in [-0.2, 0) is 29.1 Å². The lowest BCUT2D eigenvalue weighted by molar-refractivity contribution is -0.136. The van der Waals surface area contributed by atoms with E-state index in [0.717, 1.165) is 25.2 Å². The summed E-state index contributed by atoms with van der Waals surface area (Å²) in [7, 11) is 0. The highest BCUT2D eigenvalue weighted by Gasteiger charge is 2.32. The first-order chi connectivity index (χ1) is 16.1. The minimum Gasteiger partial charge on any atom is -0.368 e. The molecule has 1 fully saturated rings. The van der Waals surface area contributed by atoms with Crippen LogP contribution in [0.1, 0.15) is 16.7 Å². The van der Waals surface area contributed by atoms with Gasteiger partial charge in [0.15, 0.2) is 0 Å². The third kappa shape index (κ3) is 4.63. The van der Waals surface area contributed by atoms with E-state index in [-0.39, 0.29) is 18.4 Å². The molecule has 3 aromatic carbocycles. The molecule has 5 rings (SSSR count). The largest absolute Gasteiger partial charge is 0.368 e. The topological polar surface area (TPSA) is 69.9 Å². The van der Waals surface area contributed by atoms with Crippen LogP contribution in [0.25, 0.3) is 10.8 Å². The van der Waals surface area contributed by atoms with Crippen molar-refractivity contribution in [3.63, 3.8) is 0 Å². The molecule has 2 aliphatic rings. The first-order valence-electron chi connectivity index (χ1n) is 11.7. The van der Waals surface area contributed by atoms with Gasteiger partial charge >= 0.3 is 0 Å². The number of nitrogens with zero attached hydrogens (tertiary/aromatic N) is 3. The highest BCUT2D eigenvalue weighted by Crippen LogP contribution is 2.24. The van der Waals surface area contributed by atoms with Crippen molar-refractivity contribution in [2.45, 2.75) is 25.6 Å². The van der Waals surface area contributed by atoms with E-state index < -0.39 is 6.04 Å². The number of fused-ring (bicyclic) bond motifs is 2. The number of hydrogen-bond donors (Lipinski definition) is 1. The fourth-order valence-corrected chi connectivity index (χ4v) is 5.12. The van der Waals surface area contributed by atoms with Crippen LogP contribution >= 0.6 is 0 Å². The van der Waals surface area contributed by atoms with Gasteiger partial charge in [-0.3, -0.25) is 19.4 Å². The second-order valence-corrected chi connectivity index (χ2v) is 9.09. The van der Waals surface area contributed by atoms with Crippen LogP contribution < -0.4 is 5.73 Å². The van der Waals surface area contributed by atoms with Gasteiger partial charge in [-0.25, -0.2) is 0 Å². The zero-order chi connectivity index (χ0) is 22.8. The Kier molecular flexibility index (Phi) is 6.11. The molecule has 33 heavy (non-hydrogen) atoms. The molecule has 1 atom stereocenters. The number of carbonyl (C=O) groups is 2. The van der Waals surface area contributed by atoms with Crippen molar-refractivity contribution in [1.82, 2.24) is 14.7 Å². The van der Waals surface area contributed by atoms with Crippen LogP contribution in [0.15, 0.2) is 66.7 Å². The van der Waals surface area contributed by atoms with Crippen molar-refractivity contribution in [1.29, 1.82) is 0 Å². The maximum absolute atomic E-state index is 13.1. The SMILES string of the molecule is NC(=O)[C@@H]1Cc2ccccc2CN1CC(=O)N1CCN(Cc2cccc3ccccc23)CC1. The number of rotatable bonds is 5. The first kappa shape index (κ1) is 21.6. The molecule has 2 aliphatic heterocycles. The fourth-order valence-electron chi connectivity index (χ4n) is 5.12. The molecule has 0 radical (unpaired) electrons. The number of nitrogens with two attached hydrogens (primary N) is 1. The molecule has 170 valence electrons. The van der Waals surface area contributed by atoms with Crippen LogP contribution in [-0.4, -0.2) is 65.3 Å². The standard InChI is InChI=1S/C27H30N4O2/c28-27(33)25-16-21-7-1-2-8-22(21)18-31(25)19-26(32)30-14-12-29(13-15-30)17-23-10-5-9-20-6-3-4-11-24(20)23/h1-11,25H,12-19H2,(H2,28,33)/t25-/m0/s1. The highest BCUT2D eigenvalue weighted by molar-refractivity contribution is 5.85. The number of piperazine rings is 1. The predicted octanol–water partition coefficient (Wildman–Crippen LogP) is 2.40. The van der Waals surface area contributed by atoms with Crippen molar-refractivity contribution in [2.75, 3.05) is 32.7 Å². The summed E-state index contributed by atoms with van der Waals surface area (Å²) in [4.78, 5) is 31.5. The zero-order valence-corrected chi connectivity index (χ0v) is 18.8. The van der Waals surface area contributed by atoms with E-state index in [9.17, 15) is 9.59 Å². The normalized spacial score (nSPS) is 19.4. The van der Waals surface area contributed by atoms with Gasteiger partial charge < -0.3 is 10.6 Å². The maximum atomic E-state index is 13.1. The smallest absolute Gasteiger partial charge is 0.236 e. The molecule has 0 saturated carbocycles. The Morgan fingerprint density at radius 2 is 1.55 bits per heavy atom. The monoisotopic (exact) mass is 442 g/mol. The molecule has 6 nitrogen and oxygen atoms in total. The van der Waals surface area contributed by atoms with Crippen LogP contribution in [0, 0.1) is 0 Å². The molecule has 3 aromatic rings. The third-order valence-corrected chi connectivity index (χ3v) is 7.01. The second kappa shape index (κ2) is 9.33. The summed E-state index contributed by atoms with van der Waals surface area (Å²) >= 11 is 0. The average molecular weight is 443 g/mol. The van der Waals surface area contributed by atoms with Gasteiger partial charge in [-0.05, 0) is 33.9 Å². The molecule has 0 unspecified atom stereocenters. The van der Waals surface area contributed by atoms with Crippen molar-refractivity contribution < 1.29 is 9.59 Å². The summed E-state index contributed by atoms with van der Waals surface area (Å²) in [5.41, 5.74) is 9.33. The zero-order valence-electron chi connectivity index (χ0n) is 18.8. The Balaban J connectivity index is 1.20. The van der Waals surface area contributed by atoms with Gasteiger partial charge in [0.05, 0.1) is 12.6 Å². The summed E-state index contributed by atoms with van der Waals surface area (Å²) in [6.45, 7) is 4.79. The summed E-state index contributed by atoms with van der Waals surface area (Å²) in [5.74, 6) is -0.289. The molecule has 2 amide bonds. The van der Waals surface area contributed by atoms with E-state index in [0.29, 0.717) is 26.1 Å². The number of benzene rings is 3. The first-order valence-corrected chi connectivity index (χ1v) is 11.7. The van der Waals surface area contributed by atoms with Crippen LogP contribution in [0.2, 0.25) is 0 Å². The van der Waals surface area contributed by atoms with Gasteiger partial charge in [0, 0.05) is 39.3 Å². The third-order valence-electron chi connectivity index (χ3n) is 7.01. The van der Waals surface area contributed by atoms with E-state index >= 15 is 0 Å². The van der Waals surface area contributed by atoms with Gasteiger partial charge in [0.25, 0.3) is 0 Å². The van der Waals surface area contributed by atoms with Crippen LogP contribution in [0.4, 0.5) is 0 Å². The average Bonchev–Trinajstić information content (AvgIpc) is 2.84. The lowest BCUT2D eigenvalue weighted by atomic mass is 9.93. The van der Waals surface area contributed by atoms with Crippen LogP contribution in [0.5, 0.6) is 0 Å². The molecular weight excluding hydrogens is 412 g/mol. The summed E-state index contributed by atoms with van der Waals surface area (Å²) in [6, 6.07) is 22.6. The predicted molar refractivity (Wildman–Crippen MR) is 129 cm³/mol. The van der Waals surface area contributed by atoms with Gasteiger partial charge in [-0.1, -0.05) is 66.7 Å². The van der Waals surface area contributed by atoms with E-state index in [4.69, 9.17) is 5.73 Å². The molecule has 0 aliphatic carbocycles. The van der Waals surface area contributed by atoms with Crippen LogP contribution in [0.3, 0.4) is 0 Å². The highest BCUT2D eigenvalue weighted by atomic mass is 16.2. The summed E-state index contributed by atoms with van der Waals surface area (Å²) in [6.07, 6.45) is 0.567. The maximum Gasteiger partial charge on any atom is 0.236 e. The Bertz CT molecular complexity index is 1160. The number of amides is 2. The Morgan fingerprint density at radius 1 is 0.848 bits per heavy atom. The van der Waals surface area contributed by atoms with Crippen molar-refractivity contribution in [3.05, 3.63) is 83.4 Å². The summed E-state index contributed by atoms with van der Waals surface area (Å²) in [5, 5.41) is 2.55. The Labute approximate surface area is 194 Å². The quantitative estimate of drug-likeness (QED) is 0.659. The second-order valence-electron chi connectivity index (χ2n) is 9.09. The fraction of sp³-hybridized carbons (Fsp3) is 0.333. The van der Waals surface area contributed by atoms with Crippen molar-refractivity contribution in [2.24, 2.45) is 5.73 Å². The number of primary amides is 1. The molecule has 2 N–H and O–H groups in total. The summed E-state index contributed by atoms with van der Waals surface area (Å²) < 4.78 is 0. The molecule has 0 spiro atoms. The molecular formula is C27H30N4O2. The lowest BCUT2D eigenvalue weighted by Gasteiger charge is -2.38. The minimum absolute atomic E-state index is 0.0745. The molecule has 1 saturated heterocycles. The lowest BCUT2D eigenvalue weighted by Crippen LogP contribution is -2.55. The van der Waals surface area contributed by atoms with E-state index in [1.807, 2.05) is 28.0 Å². The van der Waals surface area contributed by atoms with Crippen molar-refractivity contribution in [3.8, 4) is 0 Å². The number of carbonyl (C=O) groups excluding carboxylic acids is 2. The van der Waals surface area contributed by atoms with Gasteiger partial charge in [-0.15, -0.1) is 0 Å². The molecule has 0 bridgehead atoms. The minimum atomic E-state index is -0.434. The van der Waals surface area contributed by atoms with Gasteiger partial charge in [0.1, 0.15) is 0 Å². The van der Waals surface area contributed by atoms with Crippen molar-refractivity contribution >= 4 is 22.6 Å². The Morgan fingerprint density at radius 3 is 2.33 bits per heavy atom. The molecule has 2 heterocycles. The molecule has 6 heteroatoms. The van der Waals surface area contributed by atoms with Gasteiger partial charge in [0.2, 0.25) is 11.8 Å². The van der Waals surface area contributed by atoms with E-state index in [1.165, 1.54) is 21.9 Å². The van der Waals surface area contributed by atoms with Gasteiger partial charge in [-0.2, -0.15) is 0 Å².